The molecule has 0 bridgehead atoms. The van der Waals surface area contributed by atoms with E-state index >= 15 is 0 Å². The quantitative estimate of drug-likeness (QED) is 0.656. The fourth-order valence-corrected chi connectivity index (χ4v) is 2.67. The van der Waals surface area contributed by atoms with Crippen LogP contribution in [-0.4, -0.2) is 30.4 Å². The molecular weight excluding hydrogens is 329 g/mol. The molecule has 0 aromatic heterocycles. The maximum Gasteiger partial charge on any atom is 0.534 e. The van der Waals surface area contributed by atoms with Crippen LogP contribution in [0.3, 0.4) is 0 Å². The molecule has 1 N–H and O–H groups in total. The zero-order valence-electron chi connectivity index (χ0n) is 10.8. The highest BCUT2D eigenvalue weighted by Crippen LogP contribution is 2.51. The molecule has 6 nitrogen and oxygen atoms in total. The van der Waals surface area contributed by atoms with Gasteiger partial charge in [-0.25, -0.2) is 0 Å². The number of ketones is 1. The number of carbonyl (C=O) groups is 1. The average molecular weight is 338 g/mol. The van der Waals surface area contributed by atoms with Gasteiger partial charge in [-0.05, 0) is 12.8 Å². The second-order valence-electron chi connectivity index (χ2n) is 5.18. The molecule has 1 heterocycles. The van der Waals surface area contributed by atoms with Crippen molar-refractivity contribution in [3.05, 3.63) is 17.7 Å². The molecule has 120 valence electrons. The molecule has 0 saturated heterocycles. The number of hydrogen-bond donors (Lipinski definition) is 1. The first-order chi connectivity index (χ1) is 10.0. The summed E-state index contributed by atoms with van der Waals surface area (Å²) in [7, 11) is -5.87. The summed E-state index contributed by atoms with van der Waals surface area (Å²) in [6.07, 6.45) is 1.27. The first kappa shape index (κ1) is 14.9. The third-order valence-electron chi connectivity index (χ3n) is 3.44. The molecule has 2 aliphatic rings. The number of ether oxygens (including phenoxy) is 1. The third-order valence-corrected chi connectivity index (χ3v) is 4.42. The van der Waals surface area contributed by atoms with Crippen molar-refractivity contribution in [2.75, 3.05) is 0 Å². The molecular formula is C12H9F3O6S. The van der Waals surface area contributed by atoms with Gasteiger partial charge in [-0.15, -0.1) is 0 Å². The number of hydrogen-bond acceptors (Lipinski definition) is 6. The summed E-state index contributed by atoms with van der Waals surface area (Å²) in [4.78, 5) is 11.9. The highest BCUT2D eigenvalue weighted by molar-refractivity contribution is 7.88. The van der Waals surface area contributed by atoms with E-state index in [0.29, 0.717) is 18.9 Å². The van der Waals surface area contributed by atoms with Gasteiger partial charge in [-0.3, -0.25) is 4.79 Å². The fraction of sp³-hybridized carbons (Fsp3) is 0.417. The Morgan fingerprint density at radius 2 is 1.91 bits per heavy atom. The Morgan fingerprint density at radius 1 is 1.27 bits per heavy atom. The molecule has 0 unspecified atom stereocenters. The number of Topliss-reactive ketones (excluding diaryl/α,β-unsaturated/α-hetero) is 1. The molecule has 1 aromatic carbocycles. The van der Waals surface area contributed by atoms with Gasteiger partial charge in [-0.2, -0.15) is 21.6 Å². The van der Waals surface area contributed by atoms with E-state index in [9.17, 15) is 31.5 Å². The summed E-state index contributed by atoms with van der Waals surface area (Å²) in [6.45, 7) is 0. The molecule has 10 heteroatoms. The van der Waals surface area contributed by atoms with E-state index in [-0.39, 0.29) is 17.7 Å². The van der Waals surface area contributed by atoms with Crippen LogP contribution in [0.1, 0.15) is 29.6 Å². The monoisotopic (exact) mass is 338 g/mol. The van der Waals surface area contributed by atoms with Crippen LogP contribution in [0.2, 0.25) is 0 Å². The molecule has 22 heavy (non-hydrogen) atoms. The number of aromatic hydroxyl groups is 1. The number of rotatable bonds is 2. The van der Waals surface area contributed by atoms with Gasteiger partial charge in [0, 0.05) is 12.1 Å². The smallest absolute Gasteiger partial charge is 0.507 e. The summed E-state index contributed by atoms with van der Waals surface area (Å²) >= 11 is 0. The fourth-order valence-electron chi connectivity index (χ4n) is 2.23. The predicted molar refractivity (Wildman–Crippen MR) is 65.3 cm³/mol. The zero-order valence-corrected chi connectivity index (χ0v) is 11.6. The SMILES string of the molecule is O=C1CC2(CC2)Oc2cc(OS(=O)(=O)C(F)(F)F)cc(O)c21. The number of benzene rings is 1. The maximum absolute atomic E-state index is 12.3. The average Bonchev–Trinajstić information content (AvgIpc) is 3.04. The highest BCUT2D eigenvalue weighted by Gasteiger charge is 2.52. The van der Waals surface area contributed by atoms with Gasteiger partial charge < -0.3 is 14.0 Å². The van der Waals surface area contributed by atoms with E-state index in [4.69, 9.17) is 4.74 Å². The predicted octanol–water partition coefficient (Wildman–Crippen LogP) is 2.12. The third kappa shape index (κ3) is 2.36. The Hall–Kier alpha value is -1.97. The molecule has 1 aliphatic carbocycles. The van der Waals surface area contributed by atoms with Crippen molar-refractivity contribution in [2.24, 2.45) is 0 Å². The van der Waals surface area contributed by atoms with Crippen LogP contribution in [0.25, 0.3) is 0 Å². The topological polar surface area (TPSA) is 89.9 Å². The van der Waals surface area contributed by atoms with Crippen LogP contribution in [-0.2, 0) is 10.1 Å². The van der Waals surface area contributed by atoms with Crippen LogP contribution in [0.5, 0.6) is 17.2 Å². The largest absolute Gasteiger partial charge is 0.534 e. The Morgan fingerprint density at radius 3 is 2.45 bits per heavy atom. The molecule has 1 aromatic rings. The van der Waals surface area contributed by atoms with Crippen molar-refractivity contribution in [2.45, 2.75) is 30.4 Å². The first-order valence-corrected chi connectivity index (χ1v) is 7.54. The second kappa shape index (κ2) is 4.28. The van der Waals surface area contributed by atoms with E-state index in [2.05, 4.69) is 4.18 Å². The van der Waals surface area contributed by atoms with Gasteiger partial charge in [0.25, 0.3) is 0 Å². The van der Waals surface area contributed by atoms with Crippen LogP contribution in [0.15, 0.2) is 12.1 Å². The van der Waals surface area contributed by atoms with Crippen LogP contribution in [0.4, 0.5) is 13.2 Å². The summed E-state index contributed by atoms with van der Waals surface area (Å²) in [5.74, 6) is -2.06. The lowest BCUT2D eigenvalue weighted by Gasteiger charge is -2.25. The first-order valence-electron chi connectivity index (χ1n) is 6.13. The zero-order chi connectivity index (χ0) is 16.3. The van der Waals surface area contributed by atoms with Crippen LogP contribution < -0.4 is 8.92 Å². The van der Waals surface area contributed by atoms with Crippen LogP contribution >= 0.6 is 0 Å². The molecule has 1 saturated carbocycles. The standard InChI is InChI=1S/C12H9F3O6S/c13-12(14,15)22(18,19)21-6-3-7(16)10-8(17)5-11(1-2-11)20-9(10)4-6/h3-4,16H,1-2,5H2. The highest BCUT2D eigenvalue weighted by atomic mass is 32.2. The number of alkyl halides is 3. The maximum atomic E-state index is 12.3. The lowest BCUT2D eigenvalue weighted by atomic mass is 9.98. The van der Waals surface area contributed by atoms with Gasteiger partial charge in [0.15, 0.2) is 5.78 Å². The Labute approximate surface area is 122 Å². The number of fused-ring (bicyclic) bond motifs is 1. The second-order valence-corrected chi connectivity index (χ2v) is 6.72. The van der Waals surface area contributed by atoms with Gasteiger partial charge in [0.05, 0.1) is 6.42 Å². The van der Waals surface area contributed by atoms with Gasteiger partial charge in [0.1, 0.15) is 28.4 Å². The van der Waals surface area contributed by atoms with E-state index in [1.807, 2.05) is 0 Å². The minimum absolute atomic E-state index is 0.0641. The number of halogens is 3. The van der Waals surface area contributed by atoms with E-state index < -0.39 is 38.5 Å². The summed E-state index contributed by atoms with van der Waals surface area (Å²) in [5.41, 5.74) is -6.49. The number of carbonyl (C=O) groups excluding carboxylic acids is 1. The lowest BCUT2D eigenvalue weighted by molar-refractivity contribution is -0.0500. The van der Waals surface area contributed by atoms with Crippen molar-refractivity contribution < 1.29 is 40.4 Å². The molecule has 3 rings (SSSR count). The van der Waals surface area contributed by atoms with Crippen molar-refractivity contribution >= 4 is 15.9 Å². The Balaban J connectivity index is 1.99. The van der Waals surface area contributed by atoms with E-state index in [1.54, 1.807) is 0 Å². The van der Waals surface area contributed by atoms with Crippen molar-refractivity contribution in [1.29, 1.82) is 0 Å². The molecule has 0 radical (unpaired) electrons. The molecule has 0 amide bonds. The van der Waals surface area contributed by atoms with Gasteiger partial charge in [0.2, 0.25) is 0 Å². The minimum Gasteiger partial charge on any atom is -0.507 e. The lowest BCUT2D eigenvalue weighted by Crippen LogP contribution is -2.29. The summed E-state index contributed by atoms with van der Waals surface area (Å²) < 4.78 is 68.2. The summed E-state index contributed by atoms with van der Waals surface area (Å²) in [5, 5.41) is 9.74. The molecule has 0 atom stereocenters. The van der Waals surface area contributed by atoms with E-state index in [1.165, 1.54) is 0 Å². The van der Waals surface area contributed by atoms with Crippen molar-refractivity contribution in [3.8, 4) is 17.2 Å². The van der Waals surface area contributed by atoms with Gasteiger partial charge in [-0.1, -0.05) is 0 Å². The van der Waals surface area contributed by atoms with E-state index in [0.717, 1.165) is 6.07 Å². The molecule has 1 aliphatic heterocycles. The Kier molecular flexibility index (Phi) is 2.91. The minimum atomic E-state index is -5.87. The normalized spacial score (nSPS) is 19.5. The van der Waals surface area contributed by atoms with Crippen molar-refractivity contribution in [3.63, 3.8) is 0 Å². The van der Waals surface area contributed by atoms with Crippen molar-refractivity contribution in [1.82, 2.24) is 0 Å². The number of phenols is 1. The van der Waals surface area contributed by atoms with Gasteiger partial charge >= 0.3 is 15.6 Å². The number of phenolic OH excluding ortho intramolecular Hbond substituents is 1. The molecule has 1 fully saturated rings. The summed E-state index contributed by atoms with van der Waals surface area (Å²) in [6, 6.07) is 1.49. The molecule has 1 spiro atoms. The van der Waals surface area contributed by atoms with Crippen LogP contribution in [0, 0.1) is 0 Å². The Bertz CT molecular complexity index is 764.